The highest BCUT2D eigenvalue weighted by Gasteiger charge is 2.27. The minimum Gasteiger partial charge on any atom is -0.426 e. The Morgan fingerprint density at radius 3 is 2.44 bits per heavy atom. The number of benzene rings is 1. The van der Waals surface area contributed by atoms with Gasteiger partial charge in [-0.25, -0.2) is 8.78 Å². The average Bonchev–Trinajstić information content (AvgIpc) is 2.23. The summed E-state index contributed by atoms with van der Waals surface area (Å²) < 4.78 is 30.4. The Hall–Kier alpha value is -1.45. The Balaban J connectivity index is 2.82. The molecule has 2 nitrogen and oxygen atoms in total. The van der Waals surface area contributed by atoms with Crippen molar-refractivity contribution in [1.29, 1.82) is 0 Å². The fourth-order valence-electron chi connectivity index (χ4n) is 0.930. The molecule has 0 aliphatic heterocycles. The second-order valence-corrected chi connectivity index (χ2v) is 4.20. The average molecular weight is 228 g/mol. The lowest BCUT2D eigenvalue weighted by Gasteiger charge is -2.19. The molecule has 1 aromatic carbocycles. The van der Waals surface area contributed by atoms with Crippen LogP contribution in [-0.2, 0) is 4.79 Å². The zero-order valence-corrected chi connectivity index (χ0v) is 9.51. The molecule has 0 saturated carbocycles. The van der Waals surface area contributed by atoms with Crippen LogP contribution >= 0.6 is 0 Å². The van der Waals surface area contributed by atoms with E-state index in [2.05, 4.69) is 0 Å². The van der Waals surface area contributed by atoms with Gasteiger partial charge in [0.05, 0.1) is 5.41 Å². The molecular weight excluding hydrogens is 214 g/mol. The standard InChI is InChI=1S/C12H14F2O2/c1-4-12(2,3)11(15)16-8-5-6-9(13)10(14)7-8/h5-7H,4H2,1-3H3. The predicted octanol–water partition coefficient (Wildman–Crippen LogP) is 3.31. The van der Waals surface area contributed by atoms with Crippen molar-refractivity contribution in [1.82, 2.24) is 0 Å². The van der Waals surface area contributed by atoms with Crippen molar-refractivity contribution in [2.45, 2.75) is 27.2 Å². The van der Waals surface area contributed by atoms with Gasteiger partial charge in [-0.2, -0.15) is 0 Å². The molecule has 0 N–H and O–H groups in total. The largest absolute Gasteiger partial charge is 0.426 e. The predicted molar refractivity (Wildman–Crippen MR) is 56.1 cm³/mol. The van der Waals surface area contributed by atoms with Gasteiger partial charge in [-0.1, -0.05) is 6.92 Å². The van der Waals surface area contributed by atoms with E-state index in [-0.39, 0.29) is 5.75 Å². The van der Waals surface area contributed by atoms with Gasteiger partial charge in [0.25, 0.3) is 0 Å². The molecule has 0 atom stereocenters. The molecule has 0 aromatic heterocycles. The van der Waals surface area contributed by atoms with Crippen molar-refractivity contribution >= 4 is 5.97 Å². The maximum atomic E-state index is 12.8. The lowest BCUT2D eigenvalue weighted by Crippen LogP contribution is -2.28. The molecule has 1 aromatic rings. The topological polar surface area (TPSA) is 26.3 Å². The highest BCUT2D eigenvalue weighted by molar-refractivity contribution is 5.78. The van der Waals surface area contributed by atoms with E-state index in [1.165, 1.54) is 6.07 Å². The Labute approximate surface area is 93.2 Å². The first-order valence-electron chi connectivity index (χ1n) is 5.04. The molecule has 0 aliphatic carbocycles. The second kappa shape index (κ2) is 4.60. The highest BCUT2D eigenvalue weighted by atomic mass is 19.2. The summed E-state index contributed by atoms with van der Waals surface area (Å²) in [6, 6.07) is 3.01. The molecule has 0 amide bonds. The minimum atomic E-state index is -1.03. The molecule has 0 bridgehead atoms. The fourth-order valence-corrected chi connectivity index (χ4v) is 0.930. The van der Waals surface area contributed by atoms with E-state index in [9.17, 15) is 13.6 Å². The van der Waals surface area contributed by atoms with Crippen LogP contribution in [0, 0.1) is 17.0 Å². The first-order chi connectivity index (χ1) is 7.36. The summed E-state index contributed by atoms with van der Waals surface area (Å²) in [6.07, 6.45) is 0.607. The van der Waals surface area contributed by atoms with Crippen LogP contribution in [0.25, 0.3) is 0 Å². The maximum Gasteiger partial charge on any atom is 0.316 e. The van der Waals surface area contributed by atoms with Crippen LogP contribution < -0.4 is 4.74 Å². The van der Waals surface area contributed by atoms with Crippen LogP contribution in [0.5, 0.6) is 5.75 Å². The molecule has 0 unspecified atom stereocenters. The van der Waals surface area contributed by atoms with Crippen LogP contribution in [-0.4, -0.2) is 5.97 Å². The van der Waals surface area contributed by atoms with Crippen molar-refractivity contribution in [2.24, 2.45) is 5.41 Å². The maximum absolute atomic E-state index is 12.8. The second-order valence-electron chi connectivity index (χ2n) is 4.20. The van der Waals surface area contributed by atoms with E-state index in [0.717, 1.165) is 12.1 Å². The number of rotatable bonds is 3. The van der Waals surface area contributed by atoms with Gasteiger partial charge < -0.3 is 4.74 Å². The molecule has 0 fully saturated rings. The summed E-state index contributed by atoms with van der Waals surface area (Å²) >= 11 is 0. The summed E-state index contributed by atoms with van der Waals surface area (Å²) in [4.78, 5) is 11.6. The molecule has 0 spiro atoms. The van der Waals surface area contributed by atoms with E-state index >= 15 is 0 Å². The van der Waals surface area contributed by atoms with Crippen molar-refractivity contribution < 1.29 is 18.3 Å². The summed E-state index contributed by atoms with van der Waals surface area (Å²) in [5.41, 5.74) is -0.634. The third-order valence-corrected chi connectivity index (χ3v) is 2.54. The van der Waals surface area contributed by atoms with E-state index in [0.29, 0.717) is 6.42 Å². The molecule has 1 rings (SSSR count). The Kier molecular flexibility index (Phi) is 3.62. The number of hydrogen-bond donors (Lipinski definition) is 0. The molecule has 0 saturated heterocycles. The zero-order valence-electron chi connectivity index (χ0n) is 9.51. The number of carbonyl (C=O) groups is 1. The normalized spacial score (nSPS) is 11.3. The van der Waals surface area contributed by atoms with Crippen LogP contribution in [0.3, 0.4) is 0 Å². The van der Waals surface area contributed by atoms with Gasteiger partial charge in [-0.15, -0.1) is 0 Å². The van der Waals surface area contributed by atoms with Crippen molar-refractivity contribution in [3.63, 3.8) is 0 Å². The quantitative estimate of drug-likeness (QED) is 0.586. The number of esters is 1. The van der Waals surface area contributed by atoms with Gasteiger partial charge in [0.2, 0.25) is 0 Å². The van der Waals surface area contributed by atoms with Crippen LogP contribution in [0.2, 0.25) is 0 Å². The first kappa shape index (κ1) is 12.6. The lowest BCUT2D eigenvalue weighted by atomic mass is 9.91. The van der Waals surface area contributed by atoms with E-state index in [1.807, 2.05) is 6.92 Å². The van der Waals surface area contributed by atoms with Crippen molar-refractivity contribution in [3.8, 4) is 5.75 Å². The minimum absolute atomic E-state index is 0.0189. The Bertz CT molecular complexity index is 400. The van der Waals surface area contributed by atoms with E-state index in [1.54, 1.807) is 13.8 Å². The van der Waals surface area contributed by atoms with Crippen LogP contribution in [0.4, 0.5) is 8.78 Å². The van der Waals surface area contributed by atoms with Gasteiger partial charge in [0, 0.05) is 6.07 Å². The Morgan fingerprint density at radius 1 is 1.31 bits per heavy atom. The van der Waals surface area contributed by atoms with Crippen LogP contribution in [0.1, 0.15) is 27.2 Å². The number of hydrogen-bond acceptors (Lipinski definition) is 2. The molecule has 0 heterocycles. The zero-order chi connectivity index (χ0) is 12.3. The molecule has 88 valence electrons. The number of carbonyl (C=O) groups excluding carboxylic acids is 1. The summed E-state index contributed by atoms with van der Waals surface area (Å²) in [5.74, 6) is -2.43. The van der Waals surface area contributed by atoms with Crippen molar-refractivity contribution in [2.75, 3.05) is 0 Å². The van der Waals surface area contributed by atoms with Crippen LogP contribution in [0.15, 0.2) is 18.2 Å². The fraction of sp³-hybridized carbons (Fsp3) is 0.417. The van der Waals surface area contributed by atoms with Gasteiger partial charge in [-0.05, 0) is 32.4 Å². The summed E-state index contributed by atoms with van der Waals surface area (Å²) in [7, 11) is 0. The molecule has 0 aliphatic rings. The molecule has 16 heavy (non-hydrogen) atoms. The smallest absolute Gasteiger partial charge is 0.316 e. The van der Waals surface area contributed by atoms with E-state index < -0.39 is 23.0 Å². The van der Waals surface area contributed by atoms with E-state index in [4.69, 9.17) is 4.74 Å². The lowest BCUT2D eigenvalue weighted by molar-refractivity contribution is -0.144. The number of halogens is 2. The third-order valence-electron chi connectivity index (χ3n) is 2.54. The first-order valence-corrected chi connectivity index (χ1v) is 5.04. The van der Waals surface area contributed by atoms with Gasteiger partial charge in [-0.3, -0.25) is 4.79 Å². The third kappa shape index (κ3) is 2.78. The summed E-state index contributed by atoms with van der Waals surface area (Å²) in [5, 5.41) is 0. The Morgan fingerprint density at radius 2 is 1.94 bits per heavy atom. The summed E-state index contributed by atoms with van der Waals surface area (Å²) in [6.45, 7) is 5.32. The van der Waals surface area contributed by atoms with Crippen molar-refractivity contribution in [3.05, 3.63) is 29.8 Å². The highest BCUT2D eigenvalue weighted by Crippen LogP contribution is 2.24. The van der Waals surface area contributed by atoms with Gasteiger partial charge in [0.1, 0.15) is 5.75 Å². The monoisotopic (exact) mass is 228 g/mol. The molecule has 0 radical (unpaired) electrons. The van der Waals surface area contributed by atoms with Gasteiger partial charge >= 0.3 is 5.97 Å². The number of ether oxygens (including phenoxy) is 1. The van der Waals surface area contributed by atoms with Gasteiger partial charge in [0.15, 0.2) is 11.6 Å². The SMILES string of the molecule is CCC(C)(C)C(=O)Oc1ccc(F)c(F)c1. The molecule has 4 heteroatoms. The molecular formula is C12H14F2O2.